The maximum absolute atomic E-state index is 13.3. The van der Waals surface area contributed by atoms with Gasteiger partial charge in [0.2, 0.25) is 11.8 Å². The number of hydrogen-bond acceptors (Lipinski definition) is 6. The Labute approximate surface area is 208 Å². The molecule has 35 heavy (non-hydrogen) atoms. The van der Waals surface area contributed by atoms with Crippen molar-refractivity contribution in [1.82, 2.24) is 14.7 Å². The predicted molar refractivity (Wildman–Crippen MR) is 135 cm³/mol. The molecule has 3 atom stereocenters. The van der Waals surface area contributed by atoms with E-state index < -0.39 is 0 Å². The summed E-state index contributed by atoms with van der Waals surface area (Å²) in [6.07, 6.45) is 2.65. The molecule has 0 aromatic heterocycles. The quantitative estimate of drug-likeness (QED) is 0.684. The molecule has 9 nitrogen and oxygen atoms in total. The Morgan fingerprint density at radius 1 is 1.20 bits per heavy atom. The number of amides is 3. The molecule has 0 bridgehead atoms. The molecule has 1 aliphatic heterocycles. The number of nitrogens with zero attached hydrogens (tertiary/aromatic N) is 3. The van der Waals surface area contributed by atoms with E-state index in [1.807, 2.05) is 37.7 Å². The molecule has 194 valence electrons. The van der Waals surface area contributed by atoms with Gasteiger partial charge in [0, 0.05) is 50.8 Å². The van der Waals surface area contributed by atoms with E-state index >= 15 is 0 Å². The van der Waals surface area contributed by atoms with Crippen molar-refractivity contribution in [3.63, 3.8) is 0 Å². The minimum absolute atomic E-state index is 0.00134. The number of methoxy groups -OCH3 is 1. The van der Waals surface area contributed by atoms with Gasteiger partial charge in [-0.1, -0.05) is 13.3 Å². The molecule has 1 N–H and O–H groups in total. The Bertz CT molecular complexity index is 917. The van der Waals surface area contributed by atoms with E-state index in [0.717, 1.165) is 19.3 Å². The Kier molecular flexibility index (Phi) is 9.13. The topological polar surface area (TPSA) is 91.4 Å². The van der Waals surface area contributed by atoms with Crippen molar-refractivity contribution in [3.05, 3.63) is 23.8 Å². The van der Waals surface area contributed by atoms with Gasteiger partial charge in [0.05, 0.1) is 24.3 Å². The van der Waals surface area contributed by atoms with Crippen LogP contribution >= 0.6 is 0 Å². The summed E-state index contributed by atoms with van der Waals surface area (Å²) in [4.78, 5) is 44.2. The van der Waals surface area contributed by atoms with E-state index in [-0.39, 0.29) is 48.3 Å². The molecular formula is C26H40N4O5. The highest BCUT2D eigenvalue weighted by Gasteiger charge is 2.31. The van der Waals surface area contributed by atoms with Gasteiger partial charge in [-0.15, -0.1) is 0 Å². The highest BCUT2D eigenvalue weighted by atomic mass is 16.5. The number of carbonyl (C=O) groups is 3. The van der Waals surface area contributed by atoms with Crippen LogP contribution in [0, 0.1) is 11.8 Å². The Morgan fingerprint density at radius 2 is 1.91 bits per heavy atom. The van der Waals surface area contributed by atoms with Crippen LogP contribution in [0.3, 0.4) is 0 Å². The molecule has 1 saturated carbocycles. The summed E-state index contributed by atoms with van der Waals surface area (Å²) in [6.45, 7) is 5.35. The third-order valence-electron chi connectivity index (χ3n) is 6.96. The van der Waals surface area contributed by atoms with Crippen LogP contribution in [-0.2, 0) is 14.3 Å². The summed E-state index contributed by atoms with van der Waals surface area (Å²) in [5, 5.41) is 2.95. The third kappa shape index (κ3) is 6.73. The Balaban J connectivity index is 1.91. The fourth-order valence-corrected chi connectivity index (χ4v) is 4.47. The van der Waals surface area contributed by atoms with Crippen LogP contribution in [0.4, 0.5) is 5.69 Å². The first kappa shape index (κ1) is 26.9. The van der Waals surface area contributed by atoms with Gasteiger partial charge in [-0.25, -0.2) is 0 Å². The normalized spacial score (nSPS) is 24.1. The van der Waals surface area contributed by atoms with E-state index in [4.69, 9.17) is 9.47 Å². The van der Waals surface area contributed by atoms with Crippen LogP contribution in [0.15, 0.2) is 18.2 Å². The third-order valence-corrected chi connectivity index (χ3v) is 6.96. The number of benzene rings is 1. The molecule has 2 aliphatic rings. The Morgan fingerprint density at radius 3 is 2.51 bits per heavy atom. The van der Waals surface area contributed by atoms with E-state index in [0.29, 0.717) is 36.6 Å². The van der Waals surface area contributed by atoms with Crippen molar-refractivity contribution in [2.45, 2.75) is 45.3 Å². The van der Waals surface area contributed by atoms with Crippen molar-refractivity contribution < 1.29 is 23.9 Å². The molecule has 3 amide bonds. The van der Waals surface area contributed by atoms with Crippen molar-refractivity contribution in [2.75, 3.05) is 59.8 Å². The van der Waals surface area contributed by atoms with Crippen LogP contribution in [0.2, 0.25) is 0 Å². The average molecular weight is 489 g/mol. The molecule has 1 fully saturated rings. The van der Waals surface area contributed by atoms with Crippen LogP contribution in [0.1, 0.15) is 43.5 Å². The standard InChI is InChI=1S/C26H40N4O5/c1-17-13-30(24(31)15-28(3)4)18(2)16-35-22-12-20(27-25(32)19-8-7-9-19)10-11-21(22)26(33)29(5)14-23(17)34-6/h10-12,17-19,23H,7-9,13-16H2,1-6H3,(H,27,32)/t17-,18+,23+/m0/s1. The molecule has 0 saturated heterocycles. The maximum Gasteiger partial charge on any atom is 0.257 e. The second kappa shape index (κ2) is 11.9. The second-order valence-electron chi connectivity index (χ2n) is 10.2. The zero-order chi connectivity index (χ0) is 25.7. The maximum atomic E-state index is 13.3. The lowest BCUT2D eigenvalue weighted by molar-refractivity contribution is -0.136. The van der Waals surface area contributed by atoms with Gasteiger partial charge >= 0.3 is 0 Å². The molecule has 0 unspecified atom stereocenters. The highest BCUT2D eigenvalue weighted by Crippen LogP contribution is 2.30. The van der Waals surface area contributed by atoms with Crippen LogP contribution in [-0.4, -0.2) is 99.1 Å². The van der Waals surface area contributed by atoms with Gasteiger partial charge in [-0.05, 0) is 46.0 Å². The summed E-state index contributed by atoms with van der Waals surface area (Å²) in [6, 6.07) is 4.92. The second-order valence-corrected chi connectivity index (χ2v) is 10.2. The minimum Gasteiger partial charge on any atom is -0.491 e. The SMILES string of the molecule is CO[C@@H]1CN(C)C(=O)c2ccc(NC(=O)C3CCC3)cc2OC[C@@H](C)N(C(=O)CN(C)C)C[C@@H]1C. The zero-order valence-electron chi connectivity index (χ0n) is 21.9. The average Bonchev–Trinajstić information content (AvgIpc) is 2.76. The van der Waals surface area contributed by atoms with Gasteiger partial charge < -0.3 is 29.5 Å². The molecule has 1 aromatic rings. The van der Waals surface area contributed by atoms with Gasteiger partial charge in [-0.2, -0.15) is 0 Å². The van der Waals surface area contributed by atoms with Crippen molar-refractivity contribution >= 4 is 23.4 Å². The summed E-state index contributed by atoms with van der Waals surface area (Å²) < 4.78 is 11.9. The minimum atomic E-state index is -0.240. The summed E-state index contributed by atoms with van der Waals surface area (Å²) in [5.74, 6) is 0.276. The molecular weight excluding hydrogens is 448 g/mol. The number of rotatable bonds is 5. The van der Waals surface area contributed by atoms with Gasteiger partial charge in [0.15, 0.2) is 0 Å². The lowest BCUT2D eigenvalue weighted by Crippen LogP contribution is -2.50. The summed E-state index contributed by atoms with van der Waals surface area (Å²) >= 11 is 0. The van der Waals surface area contributed by atoms with E-state index in [2.05, 4.69) is 5.32 Å². The smallest absolute Gasteiger partial charge is 0.257 e. The number of ether oxygens (including phenoxy) is 2. The zero-order valence-corrected chi connectivity index (χ0v) is 21.9. The van der Waals surface area contributed by atoms with Gasteiger partial charge in [0.25, 0.3) is 5.91 Å². The van der Waals surface area contributed by atoms with E-state index in [9.17, 15) is 14.4 Å². The molecule has 1 heterocycles. The molecule has 0 spiro atoms. The van der Waals surface area contributed by atoms with Gasteiger partial charge in [-0.3, -0.25) is 14.4 Å². The number of likely N-dealkylation sites (N-methyl/N-ethyl adjacent to an activating group) is 2. The van der Waals surface area contributed by atoms with E-state index in [1.54, 1.807) is 37.3 Å². The molecule has 0 radical (unpaired) electrons. The monoisotopic (exact) mass is 488 g/mol. The van der Waals surface area contributed by atoms with Crippen molar-refractivity contribution in [1.29, 1.82) is 0 Å². The first-order valence-corrected chi connectivity index (χ1v) is 12.4. The van der Waals surface area contributed by atoms with Crippen molar-refractivity contribution in [3.8, 4) is 5.75 Å². The number of nitrogens with one attached hydrogen (secondary N) is 1. The summed E-state index contributed by atoms with van der Waals surface area (Å²) in [5.41, 5.74) is 1.01. The largest absolute Gasteiger partial charge is 0.491 e. The fraction of sp³-hybridized carbons (Fsp3) is 0.654. The predicted octanol–water partition coefficient (Wildman–Crippen LogP) is 2.32. The first-order valence-electron chi connectivity index (χ1n) is 12.4. The molecule has 9 heteroatoms. The number of carbonyl (C=O) groups excluding carboxylic acids is 3. The highest BCUT2D eigenvalue weighted by molar-refractivity contribution is 5.99. The lowest BCUT2D eigenvalue weighted by atomic mass is 9.85. The molecule has 3 rings (SSSR count). The molecule has 1 aliphatic carbocycles. The lowest BCUT2D eigenvalue weighted by Gasteiger charge is -2.36. The van der Waals surface area contributed by atoms with Crippen LogP contribution in [0.5, 0.6) is 5.75 Å². The number of anilines is 1. The Hall–Kier alpha value is -2.65. The van der Waals surface area contributed by atoms with E-state index in [1.165, 1.54) is 0 Å². The van der Waals surface area contributed by atoms with Crippen LogP contribution < -0.4 is 10.1 Å². The number of fused-ring (bicyclic) bond motifs is 1. The van der Waals surface area contributed by atoms with Crippen molar-refractivity contribution in [2.24, 2.45) is 11.8 Å². The summed E-state index contributed by atoms with van der Waals surface area (Å²) in [7, 11) is 7.11. The van der Waals surface area contributed by atoms with Crippen LogP contribution in [0.25, 0.3) is 0 Å². The fourth-order valence-electron chi connectivity index (χ4n) is 4.47. The van der Waals surface area contributed by atoms with Gasteiger partial charge in [0.1, 0.15) is 12.4 Å². The number of hydrogen-bond donors (Lipinski definition) is 1. The molecule has 1 aromatic carbocycles. The first-order chi connectivity index (χ1) is 16.6.